The highest BCUT2D eigenvalue weighted by molar-refractivity contribution is 9.08. The highest BCUT2D eigenvalue weighted by Crippen LogP contribution is 2.16. The number of hydrogen-bond donors (Lipinski definition) is 0. The maximum absolute atomic E-state index is 5.75. The summed E-state index contributed by atoms with van der Waals surface area (Å²) < 4.78 is 7.63. The van der Waals surface area contributed by atoms with Crippen LogP contribution in [0.3, 0.4) is 0 Å². The van der Waals surface area contributed by atoms with E-state index in [4.69, 9.17) is 4.74 Å². The van der Waals surface area contributed by atoms with E-state index in [9.17, 15) is 0 Å². The predicted octanol–water partition coefficient (Wildman–Crippen LogP) is 3.46. The molecule has 0 unspecified atom stereocenters. The fourth-order valence-electron chi connectivity index (χ4n) is 1.71. The Morgan fingerprint density at radius 2 is 2.00 bits per heavy atom. The summed E-state index contributed by atoms with van der Waals surface area (Å²) in [7, 11) is 1.95. The molecule has 0 spiro atoms. The largest absolute Gasteiger partial charge is 0.487 e. The SMILES string of the molecule is CCc1cc(COc2ccc(CBr)cc2)n(C)n1. The minimum atomic E-state index is 0.553. The summed E-state index contributed by atoms with van der Waals surface area (Å²) in [5.41, 5.74) is 3.44. The van der Waals surface area contributed by atoms with Gasteiger partial charge in [-0.05, 0) is 30.2 Å². The number of alkyl halides is 1. The van der Waals surface area contributed by atoms with E-state index in [1.807, 2.05) is 23.9 Å². The third-order valence-corrected chi connectivity index (χ3v) is 3.50. The molecule has 0 fully saturated rings. The van der Waals surface area contributed by atoms with Gasteiger partial charge >= 0.3 is 0 Å². The number of aryl methyl sites for hydroxylation is 2. The number of aromatic nitrogens is 2. The van der Waals surface area contributed by atoms with Crippen molar-refractivity contribution in [2.24, 2.45) is 7.05 Å². The minimum Gasteiger partial charge on any atom is -0.487 e. The normalized spacial score (nSPS) is 10.6. The summed E-state index contributed by atoms with van der Waals surface area (Å²) in [6, 6.07) is 10.2. The van der Waals surface area contributed by atoms with Crippen molar-refractivity contribution in [2.75, 3.05) is 0 Å². The van der Waals surface area contributed by atoms with E-state index < -0.39 is 0 Å². The molecule has 2 rings (SSSR count). The molecule has 0 amide bonds. The van der Waals surface area contributed by atoms with Crippen LogP contribution in [0.5, 0.6) is 5.75 Å². The van der Waals surface area contributed by atoms with Gasteiger partial charge < -0.3 is 4.74 Å². The average Bonchev–Trinajstić information content (AvgIpc) is 2.77. The van der Waals surface area contributed by atoms with Crippen molar-refractivity contribution in [3.63, 3.8) is 0 Å². The topological polar surface area (TPSA) is 27.1 Å². The van der Waals surface area contributed by atoms with Gasteiger partial charge in [-0.25, -0.2) is 0 Å². The Labute approximate surface area is 116 Å². The zero-order chi connectivity index (χ0) is 13.0. The quantitative estimate of drug-likeness (QED) is 0.791. The van der Waals surface area contributed by atoms with E-state index in [1.54, 1.807) is 0 Å². The van der Waals surface area contributed by atoms with Crippen LogP contribution >= 0.6 is 15.9 Å². The van der Waals surface area contributed by atoms with E-state index >= 15 is 0 Å². The zero-order valence-electron chi connectivity index (χ0n) is 10.7. The summed E-state index contributed by atoms with van der Waals surface area (Å²) in [5.74, 6) is 0.888. The van der Waals surface area contributed by atoms with Gasteiger partial charge in [0.1, 0.15) is 12.4 Å². The molecule has 1 aromatic heterocycles. The van der Waals surface area contributed by atoms with Gasteiger partial charge in [0.05, 0.1) is 11.4 Å². The maximum atomic E-state index is 5.75. The van der Waals surface area contributed by atoms with Crippen molar-refractivity contribution in [1.29, 1.82) is 0 Å². The van der Waals surface area contributed by atoms with Crippen LogP contribution in [-0.4, -0.2) is 9.78 Å². The number of halogens is 1. The van der Waals surface area contributed by atoms with E-state index in [1.165, 1.54) is 5.56 Å². The molecule has 1 aromatic carbocycles. The van der Waals surface area contributed by atoms with Crippen molar-refractivity contribution >= 4 is 15.9 Å². The Kier molecular flexibility index (Phi) is 4.42. The Hall–Kier alpha value is -1.29. The first-order valence-corrected chi connectivity index (χ1v) is 7.14. The van der Waals surface area contributed by atoms with Crippen LogP contribution in [0.1, 0.15) is 23.9 Å². The Morgan fingerprint density at radius 1 is 1.28 bits per heavy atom. The van der Waals surface area contributed by atoms with Crippen molar-refractivity contribution in [3.8, 4) is 5.75 Å². The summed E-state index contributed by atoms with van der Waals surface area (Å²) >= 11 is 3.43. The van der Waals surface area contributed by atoms with Crippen LogP contribution in [0, 0.1) is 0 Å². The molecule has 0 aliphatic rings. The van der Waals surface area contributed by atoms with Crippen LogP contribution in [0.4, 0.5) is 0 Å². The molecule has 3 nitrogen and oxygen atoms in total. The Balaban J connectivity index is 1.99. The third-order valence-electron chi connectivity index (χ3n) is 2.85. The molecule has 4 heteroatoms. The lowest BCUT2D eigenvalue weighted by molar-refractivity contribution is 0.295. The highest BCUT2D eigenvalue weighted by atomic mass is 79.9. The predicted molar refractivity (Wildman–Crippen MR) is 76.0 cm³/mol. The number of nitrogens with zero attached hydrogens (tertiary/aromatic N) is 2. The van der Waals surface area contributed by atoms with Crippen molar-refractivity contribution in [2.45, 2.75) is 25.3 Å². The molecule has 0 aliphatic carbocycles. The average molecular weight is 309 g/mol. The third kappa shape index (κ3) is 3.13. The van der Waals surface area contributed by atoms with E-state index in [0.717, 1.165) is 28.9 Å². The van der Waals surface area contributed by atoms with Crippen molar-refractivity contribution in [3.05, 3.63) is 47.3 Å². The van der Waals surface area contributed by atoms with Gasteiger partial charge in [-0.2, -0.15) is 5.10 Å². The first-order chi connectivity index (χ1) is 8.72. The lowest BCUT2D eigenvalue weighted by Crippen LogP contribution is -2.03. The van der Waals surface area contributed by atoms with Crippen LogP contribution in [0.15, 0.2) is 30.3 Å². The van der Waals surface area contributed by atoms with Gasteiger partial charge in [0.2, 0.25) is 0 Å². The second kappa shape index (κ2) is 6.05. The van der Waals surface area contributed by atoms with Gasteiger partial charge in [-0.3, -0.25) is 4.68 Å². The molecule has 0 bridgehead atoms. The van der Waals surface area contributed by atoms with Gasteiger partial charge in [0, 0.05) is 12.4 Å². The lowest BCUT2D eigenvalue weighted by Gasteiger charge is -2.06. The molecule has 0 aliphatic heterocycles. The van der Waals surface area contributed by atoms with Crippen molar-refractivity contribution in [1.82, 2.24) is 9.78 Å². The molecule has 96 valence electrons. The molecule has 0 saturated carbocycles. The summed E-state index contributed by atoms with van der Waals surface area (Å²) in [5, 5.41) is 5.27. The molecule has 2 aromatic rings. The Morgan fingerprint density at radius 3 is 2.56 bits per heavy atom. The number of hydrogen-bond acceptors (Lipinski definition) is 2. The summed E-state index contributed by atoms with van der Waals surface area (Å²) in [6.07, 6.45) is 0.952. The van der Waals surface area contributed by atoms with Gasteiger partial charge in [-0.15, -0.1) is 0 Å². The first kappa shape index (κ1) is 13.1. The fourth-order valence-corrected chi connectivity index (χ4v) is 2.09. The van der Waals surface area contributed by atoms with Crippen LogP contribution in [0.2, 0.25) is 0 Å². The van der Waals surface area contributed by atoms with Gasteiger partial charge in [0.25, 0.3) is 0 Å². The van der Waals surface area contributed by atoms with Crippen LogP contribution < -0.4 is 4.74 Å². The second-order valence-corrected chi connectivity index (χ2v) is 4.73. The van der Waals surface area contributed by atoms with E-state index in [0.29, 0.717) is 6.61 Å². The fraction of sp³-hybridized carbons (Fsp3) is 0.357. The van der Waals surface area contributed by atoms with Gasteiger partial charge in [-0.1, -0.05) is 35.0 Å². The maximum Gasteiger partial charge on any atom is 0.130 e. The Bertz CT molecular complexity index is 505. The zero-order valence-corrected chi connectivity index (χ0v) is 12.3. The second-order valence-electron chi connectivity index (χ2n) is 4.17. The number of benzene rings is 1. The van der Waals surface area contributed by atoms with E-state index in [-0.39, 0.29) is 0 Å². The molecule has 0 saturated heterocycles. The lowest BCUT2D eigenvalue weighted by atomic mass is 10.2. The molecule has 0 radical (unpaired) electrons. The van der Waals surface area contributed by atoms with Gasteiger partial charge in [0.15, 0.2) is 0 Å². The van der Waals surface area contributed by atoms with Crippen LogP contribution in [0.25, 0.3) is 0 Å². The number of ether oxygens (including phenoxy) is 1. The van der Waals surface area contributed by atoms with Crippen molar-refractivity contribution < 1.29 is 4.74 Å². The molecule has 0 N–H and O–H groups in total. The molecule has 18 heavy (non-hydrogen) atoms. The molecular weight excluding hydrogens is 292 g/mol. The minimum absolute atomic E-state index is 0.553. The standard InChI is InChI=1S/C14H17BrN2O/c1-3-12-8-13(17(2)16-12)10-18-14-6-4-11(9-15)5-7-14/h4-8H,3,9-10H2,1-2H3. The smallest absolute Gasteiger partial charge is 0.130 e. The summed E-state index contributed by atoms with van der Waals surface area (Å²) in [4.78, 5) is 0. The number of rotatable bonds is 5. The monoisotopic (exact) mass is 308 g/mol. The van der Waals surface area contributed by atoms with E-state index in [2.05, 4.69) is 46.2 Å². The van der Waals surface area contributed by atoms with Crippen LogP contribution in [-0.2, 0) is 25.4 Å². The molecular formula is C14H17BrN2O. The molecule has 1 heterocycles. The first-order valence-electron chi connectivity index (χ1n) is 6.02. The molecule has 0 atom stereocenters. The summed E-state index contributed by atoms with van der Waals surface area (Å²) in [6.45, 7) is 2.66. The highest BCUT2D eigenvalue weighted by Gasteiger charge is 2.04.